The molecule has 0 spiro atoms. The molecule has 1 N–H and O–H groups in total. The quantitative estimate of drug-likeness (QED) is 0.423. The third kappa shape index (κ3) is 3.49. The molecule has 2 aromatic heterocycles. The molecule has 0 saturated carbocycles. The van der Waals surface area contributed by atoms with Crippen molar-refractivity contribution >= 4 is 40.0 Å². The van der Waals surface area contributed by atoms with Crippen LogP contribution in [-0.2, 0) is 4.74 Å². The molecule has 0 fully saturated rings. The maximum Gasteiger partial charge on any atom is 0.350 e. The number of hydrazone groups is 1. The first-order valence-corrected chi connectivity index (χ1v) is 8.64. The molecule has 0 saturated heterocycles. The molecule has 0 amide bonds. The number of rotatable bonds is 5. The van der Waals surface area contributed by atoms with Crippen LogP contribution in [0, 0.1) is 0 Å². The van der Waals surface area contributed by atoms with Crippen molar-refractivity contribution in [3.8, 4) is 0 Å². The molecular formula is C17H14N2O2S2. The van der Waals surface area contributed by atoms with Gasteiger partial charge in [-0.05, 0) is 22.9 Å². The molecule has 0 aliphatic carbocycles. The number of esters is 1. The van der Waals surface area contributed by atoms with E-state index in [1.165, 1.54) is 18.4 Å². The third-order valence-corrected chi connectivity index (χ3v) is 4.90. The fourth-order valence-electron chi connectivity index (χ4n) is 2.04. The van der Waals surface area contributed by atoms with E-state index < -0.39 is 0 Å². The predicted molar refractivity (Wildman–Crippen MR) is 95.7 cm³/mol. The van der Waals surface area contributed by atoms with Crippen molar-refractivity contribution < 1.29 is 9.53 Å². The second kappa shape index (κ2) is 7.21. The molecule has 3 rings (SSSR count). The monoisotopic (exact) mass is 342 g/mol. The number of carbonyl (C=O) groups is 1. The molecule has 23 heavy (non-hydrogen) atoms. The van der Waals surface area contributed by atoms with Gasteiger partial charge in [0, 0.05) is 5.56 Å². The molecule has 0 bridgehead atoms. The number of ether oxygens (including phenoxy) is 1. The highest BCUT2D eigenvalue weighted by Gasteiger charge is 2.14. The number of nitrogens with zero attached hydrogens (tertiary/aromatic N) is 1. The molecule has 2 heterocycles. The molecule has 0 aliphatic rings. The SMILES string of the molecule is COC(=O)c1sccc1N/N=C(\c1ccccc1)c1cccs1. The number of anilines is 1. The van der Waals surface area contributed by atoms with Crippen molar-refractivity contribution in [1.29, 1.82) is 0 Å². The van der Waals surface area contributed by atoms with Gasteiger partial charge in [0.1, 0.15) is 10.6 Å². The second-order valence-corrected chi connectivity index (χ2v) is 6.43. The zero-order chi connectivity index (χ0) is 16.1. The fourth-order valence-corrected chi connectivity index (χ4v) is 3.53. The van der Waals surface area contributed by atoms with Crippen LogP contribution in [0.3, 0.4) is 0 Å². The van der Waals surface area contributed by atoms with Crippen LogP contribution in [-0.4, -0.2) is 18.8 Å². The van der Waals surface area contributed by atoms with E-state index in [1.807, 2.05) is 59.3 Å². The van der Waals surface area contributed by atoms with E-state index in [2.05, 4.69) is 10.5 Å². The van der Waals surface area contributed by atoms with Crippen LogP contribution < -0.4 is 5.43 Å². The first kappa shape index (κ1) is 15.5. The predicted octanol–water partition coefficient (Wildman–Crippen LogP) is 4.46. The van der Waals surface area contributed by atoms with E-state index in [0.717, 1.165) is 16.2 Å². The van der Waals surface area contributed by atoms with Crippen LogP contribution in [0.2, 0.25) is 0 Å². The Morgan fingerprint density at radius 3 is 2.57 bits per heavy atom. The second-order valence-electron chi connectivity index (χ2n) is 4.57. The minimum Gasteiger partial charge on any atom is -0.465 e. The van der Waals surface area contributed by atoms with Gasteiger partial charge >= 0.3 is 5.97 Å². The molecule has 1 aromatic carbocycles. The molecule has 0 atom stereocenters. The van der Waals surface area contributed by atoms with Crippen LogP contribution >= 0.6 is 22.7 Å². The summed E-state index contributed by atoms with van der Waals surface area (Å²) in [5, 5.41) is 8.38. The van der Waals surface area contributed by atoms with Gasteiger partial charge in [-0.2, -0.15) is 5.10 Å². The Balaban J connectivity index is 1.94. The van der Waals surface area contributed by atoms with Gasteiger partial charge in [0.05, 0.1) is 17.7 Å². The lowest BCUT2D eigenvalue weighted by Gasteiger charge is -2.06. The van der Waals surface area contributed by atoms with Gasteiger partial charge in [0.2, 0.25) is 0 Å². The summed E-state index contributed by atoms with van der Waals surface area (Å²) in [7, 11) is 1.37. The Bertz CT molecular complexity index is 808. The lowest BCUT2D eigenvalue weighted by Crippen LogP contribution is -2.06. The zero-order valence-corrected chi connectivity index (χ0v) is 14.0. The highest BCUT2D eigenvalue weighted by Crippen LogP contribution is 2.24. The normalized spacial score (nSPS) is 11.3. The number of nitrogens with one attached hydrogen (secondary N) is 1. The van der Waals surface area contributed by atoms with Crippen molar-refractivity contribution in [3.63, 3.8) is 0 Å². The third-order valence-electron chi connectivity index (χ3n) is 3.13. The average molecular weight is 342 g/mol. The van der Waals surface area contributed by atoms with Gasteiger partial charge in [-0.15, -0.1) is 22.7 Å². The molecule has 0 unspecified atom stereocenters. The van der Waals surface area contributed by atoms with E-state index in [-0.39, 0.29) is 5.97 Å². The van der Waals surface area contributed by atoms with Crippen molar-refractivity contribution in [2.24, 2.45) is 5.10 Å². The van der Waals surface area contributed by atoms with Crippen molar-refractivity contribution in [1.82, 2.24) is 0 Å². The summed E-state index contributed by atoms with van der Waals surface area (Å²) < 4.78 is 4.78. The van der Waals surface area contributed by atoms with E-state index in [4.69, 9.17) is 4.74 Å². The largest absolute Gasteiger partial charge is 0.465 e. The highest BCUT2D eigenvalue weighted by atomic mass is 32.1. The molecule has 3 aromatic rings. The summed E-state index contributed by atoms with van der Waals surface area (Å²) >= 11 is 2.94. The summed E-state index contributed by atoms with van der Waals surface area (Å²) in [6.07, 6.45) is 0. The maximum atomic E-state index is 11.7. The summed E-state index contributed by atoms with van der Waals surface area (Å²) in [6.45, 7) is 0. The smallest absolute Gasteiger partial charge is 0.350 e. The molecule has 4 nitrogen and oxygen atoms in total. The Kier molecular flexibility index (Phi) is 4.85. The fraction of sp³-hybridized carbons (Fsp3) is 0.0588. The topological polar surface area (TPSA) is 50.7 Å². The van der Waals surface area contributed by atoms with E-state index in [9.17, 15) is 4.79 Å². The van der Waals surface area contributed by atoms with E-state index in [0.29, 0.717) is 10.6 Å². The van der Waals surface area contributed by atoms with Crippen LogP contribution in [0.25, 0.3) is 0 Å². The number of carbonyl (C=O) groups excluding carboxylic acids is 1. The first-order chi connectivity index (χ1) is 11.3. The van der Waals surface area contributed by atoms with Crippen LogP contribution in [0.15, 0.2) is 64.4 Å². The van der Waals surface area contributed by atoms with Gasteiger partial charge in [-0.25, -0.2) is 4.79 Å². The van der Waals surface area contributed by atoms with Crippen molar-refractivity contribution in [2.45, 2.75) is 0 Å². The molecule has 0 aliphatic heterocycles. The Morgan fingerprint density at radius 1 is 1.04 bits per heavy atom. The van der Waals surface area contributed by atoms with Gasteiger partial charge in [0.15, 0.2) is 0 Å². The lowest BCUT2D eigenvalue weighted by atomic mass is 10.1. The van der Waals surface area contributed by atoms with Crippen LogP contribution in [0.5, 0.6) is 0 Å². The van der Waals surface area contributed by atoms with Crippen LogP contribution in [0.1, 0.15) is 20.1 Å². The molecule has 0 radical (unpaired) electrons. The minimum absolute atomic E-state index is 0.366. The minimum atomic E-state index is -0.366. The van der Waals surface area contributed by atoms with Gasteiger partial charge in [-0.3, -0.25) is 5.43 Å². The van der Waals surface area contributed by atoms with E-state index >= 15 is 0 Å². The summed E-state index contributed by atoms with van der Waals surface area (Å²) in [5.41, 5.74) is 5.49. The number of hydrogen-bond donors (Lipinski definition) is 1. The molecule has 116 valence electrons. The Labute approximate surface area is 142 Å². The van der Waals surface area contributed by atoms with Gasteiger partial charge < -0.3 is 4.74 Å². The zero-order valence-electron chi connectivity index (χ0n) is 12.4. The lowest BCUT2D eigenvalue weighted by molar-refractivity contribution is 0.0607. The maximum absolute atomic E-state index is 11.7. The van der Waals surface area contributed by atoms with Crippen molar-refractivity contribution in [2.75, 3.05) is 12.5 Å². The highest BCUT2D eigenvalue weighted by molar-refractivity contribution is 7.12. The summed E-state index contributed by atoms with van der Waals surface area (Å²) in [5.74, 6) is -0.366. The molecule has 6 heteroatoms. The Hall–Kier alpha value is -2.44. The molecular weight excluding hydrogens is 328 g/mol. The number of thiophene rings is 2. The standard InChI is InChI=1S/C17H14N2O2S2/c1-21-17(20)16-13(9-11-23-16)18-19-15(14-8-5-10-22-14)12-6-3-2-4-7-12/h2-11,18H,1H3/b19-15+. The van der Waals surface area contributed by atoms with E-state index in [1.54, 1.807) is 11.3 Å². The van der Waals surface area contributed by atoms with Crippen molar-refractivity contribution in [3.05, 3.63) is 74.6 Å². The summed E-state index contributed by atoms with van der Waals surface area (Å²) in [4.78, 5) is 13.3. The van der Waals surface area contributed by atoms with Crippen LogP contribution in [0.4, 0.5) is 5.69 Å². The number of methoxy groups -OCH3 is 1. The summed E-state index contributed by atoms with van der Waals surface area (Å²) in [6, 6.07) is 15.8. The average Bonchev–Trinajstić information content (AvgIpc) is 3.27. The number of benzene rings is 1. The first-order valence-electron chi connectivity index (χ1n) is 6.88. The van der Waals surface area contributed by atoms with Gasteiger partial charge in [0.25, 0.3) is 0 Å². The Morgan fingerprint density at radius 2 is 1.87 bits per heavy atom. The van der Waals surface area contributed by atoms with Gasteiger partial charge in [-0.1, -0.05) is 36.4 Å². The number of hydrogen-bond acceptors (Lipinski definition) is 6.